The van der Waals surface area contributed by atoms with Gasteiger partial charge in [0.15, 0.2) is 0 Å². The van der Waals surface area contributed by atoms with Gasteiger partial charge >= 0.3 is 0 Å². The Labute approximate surface area is 137 Å². The third-order valence-electron chi connectivity index (χ3n) is 4.17. The first-order valence-electron chi connectivity index (χ1n) is 7.23. The van der Waals surface area contributed by atoms with Crippen molar-refractivity contribution in [1.82, 2.24) is 9.80 Å². The molecule has 0 unspecified atom stereocenters. The molecule has 1 aliphatic rings. The largest absolute Gasteiger partial charge is 0.399 e. The first-order chi connectivity index (χ1) is 9.84. The lowest BCUT2D eigenvalue weighted by Gasteiger charge is -2.44. The van der Waals surface area contributed by atoms with Gasteiger partial charge in [-0.2, -0.15) is 0 Å². The number of likely N-dealkylation sites (N-methyl/N-ethyl adjacent to an activating group) is 1. The summed E-state index contributed by atoms with van der Waals surface area (Å²) in [6.07, 6.45) is 0.969. The average molecular weight is 326 g/mol. The summed E-state index contributed by atoms with van der Waals surface area (Å²) in [7, 11) is 1.77. The van der Waals surface area contributed by atoms with Crippen molar-refractivity contribution in [3.63, 3.8) is 0 Å². The fraction of sp³-hybridized carbons (Fsp3) is 0.500. The number of hydrogen-bond donors (Lipinski definition) is 1. The first-order valence-corrected chi connectivity index (χ1v) is 7.23. The molecule has 1 aromatic rings. The smallest absolute Gasteiger partial charge is 0.247 e. The fourth-order valence-corrected chi connectivity index (χ4v) is 2.79. The minimum atomic E-state index is -0.772. The van der Waals surface area contributed by atoms with Crippen molar-refractivity contribution in [2.75, 3.05) is 25.9 Å². The van der Waals surface area contributed by atoms with Crippen molar-refractivity contribution >= 4 is 29.9 Å². The van der Waals surface area contributed by atoms with Gasteiger partial charge in [0.2, 0.25) is 11.8 Å². The quantitative estimate of drug-likeness (QED) is 0.860. The lowest BCUT2D eigenvalue weighted by molar-refractivity contribution is -0.157. The lowest BCUT2D eigenvalue weighted by atomic mass is 9.96. The van der Waals surface area contributed by atoms with Crippen LogP contribution in [0.3, 0.4) is 0 Å². The highest BCUT2D eigenvalue weighted by atomic mass is 35.5. The normalized spacial score (nSPS) is 17.1. The van der Waals surface area contributed by atoms with Crippen LogP contribution in [0.15, 0.2) is 24.3 Å². The van der Waals surface area contributed by atoms with Crippen LogP contribution in [-0.2, 0) is 16.0 Å². The Balaban J connectivity index is 0.00000242. The maximum atomic E-state index is 12.5. The molecule has 0 aliphatic carbocycles. The summed E-state index contributed by atoms with van der Waals surface area (Å²) < 4.78 is 0. The third kappa shape index (κ3) is 3.53. The van der Waals surface area contributed by atoms with Gasteiger partial charge in [0.25, 0.3) is 0 Å². The number of halogens is 1. The Morgan fingerprint density at radius 2 is 1.91 bits per heavy atom. The maximum absolute atomic E-state index is 12.5. The molecule has 0 radical (unpaired) electrons. The van der Waals surface area contributed by atoms with Crippen molar-refractivity contribution in [2.24, 2.45) is 0 Å². The van der Waals surface area contributed by atoms with E-state index < -0.39 is 5.54 Å². The number of hydrogen-bond acceptors (Lipinski definition) is 3. The molecule has 5 nitrogen and oxygen atoms in total. The molecule has 2 amide bonds. The number of nitrogens with zero attached hydrogens (tertiary/aromatic N) is 2. The summed E-state index contributed by atoms with van der Waals surface area (Å²) in [5, 5.41) is 0. The van der Waals surface area contributed by atoms with E-state index in [9.17, 15) is 9.59 Å². The maximum Gasteiger partial charge on any atom is 0.247 e. The van der Waals surface area contributed by atoms with Crippen LogP contribution in [0.1, 0.15) is 25.8 Å². The molecule has 2 rings (SSSR count). The molecule has 0 aromatic heterocycles. The number of nitrogen functional groups attached to an aromatic ring is 1. The predicted octanol–water partition coefficient (Wildman–Crippen LogP) is 1.70. The number of nitrogens with two attached hydrogens (primary N) is 1. The summed E-state index contributed by atoms with van der Waals surface area (Å²) >= 11 is 0. The van der Waals surface area contributed by atoms with Crippen LogP contribution in [0.4, 0.5) is 5.69 Å². The Bertz CT molecular complexity index is 560. The second-order valence-corrected chi connectivity index (χ2v) is 6.03. The standard InChI is InChI=1S/C16H23N3O2.ClH/c1-16(2)15(21)18(3)10-11-19(16)14(20)9-8-12-6-4-5-7-13(12)17;/h4-7H,8-11,17H2,1-3H3;1H. The van der Waals surface area contributed by atoms with E-state index in [1.165, 1.54) is 0 Å². The Hall–Kier alpha value is -1.75. The van der Waals surface area contributed by atoms with Gasteiger partial charge in [0, 0.05) is 32.2 Å². The Morgan fingerprint density at radius 3 is 2.55 bits per heavy atom. The molecule has 0 saturated carbocycles. The number of carbonyl (C=O) groups excluding carboxylic acids is 2. The van der Waals surface area contributed by atoms with Gasteiger partial charge in [-0.1, -0.05) is 18.2 Å². The van der Waals surface area contributed by atoms with Gasteiger partial charge in [-0.3, -0.25) is 9.59 Å². The third-order valence-corrected chi connectivity index (χ3v) is 4.17. The van der Waals surface area contributed by atoms with E-state index in [4.69, 9.17) is 5.73 Å². The van der Waals surface area contributed by atoms with Crippen molar-refractivity contribution < 1.29 is 9.59 Å². The molecule has 22 heavy (non-hydrogen) atoms. The van der Waals surface area contributed by atoms with Gasteiger partial charge in [-0.25, -0.2) is 0 Å². The molecule has 0 bridgehead atoms. The molecule has 1 saturated heterocycles. The van der Waals surface area contributed by atoms with Crippen molar-refractivity contribution in [2.45, 2.75) is 32.2 Å². The van der Waals surface area contributed by atoms with E-state index in [1.807, 2.05) is 24.3 Å². The van der Waals surface area contributed by atoms with Crippen molar-refractivity contribution in [1.29, 1.82) is 0 Å². The number of rotatable bonds is 3. The van der Waals surface area contributed by atoms with E-state index in [0.29, 0.717) is 31.6 Å². The fourth-order valence-electron chi connectivity index (χ4n) is 2.79. The van der Waals surface area contributed by atoms with Crippen LogP contribution in [0.5, 0.6) is 0 Å². The van der Waals surface area contributed by atoms with Crippen LogP contribution in [0.25, 0.3) is 0 Å². The molecule has 1 aromatic carbocycles. The Kier molecular flexibility index (Phi) is 5.83. The number of carbonyl (C=O) groups is 2. The van der Waals surface area contributed by atoms with Gasteiger partial charge < -0.3 is 15.5 Å². The molecule has 0 atom stereocenters. The number of anilines is 1. The highest BCUT2D eigenvalue weighted by Gasteiger charge is 2.42. The van der Waals surface area contributed by atoms with Crippen molar-refractivity contribution in [3.05, 3.63) is 29.8 Å². The monoisotopic (exact) mass is 325 g/mol. The van der Waals surface area contributed by atoms with E-state index in [2.05, 4.69) is 0 Å². The first kappa shape index (κ1) is 18.3. The van der Waals surface area contributed by atoms with E-state index in [0.717, 1.165) is 5.56 Å². The number of benzene rings is 1. The highest BCUT2D eigenvalue weighted by Crippen LogP contribution is 2.23. The predicted molar refractivity (Wildman–Crippen MR) is 89.9 cm³/mol. The van der Waals surface area contributed by atoms with Crippen LogP contribution >= 0.6 is 12.4 Å². The zero-order chi connectivity index (χ0) is 15.6. The number of piperazine rings is 1. The van der Waals surface area contributed by atoms with Gasteiger partial charge in [0.05, 0.1) is 0 Å². The van der Waals surface area contributed by atoms with E-state index >= 15 is 0 Å². The minimum Gasteiger partial charge on any atom is -0.399 e. The summed E-state index contributed by atoms with van der Waals surface area (Å²) in [5.74, 6) is -0.00831. The molecule has 6 heteroatoms. The van der Waals surface area contributed by atoms with Gasteiger partial charge in [-0.15, -0.1) is 12.4 Å². The molecule has 1 heterocycles. The van der Waals surface area contributed by atoms with Gasteiger partial charge in [-0.05, 0) is 31.9 Å². The van der Waals surface area contributed by atoms with E-state index in [-0.39, 0.29) is 24.2 Å². The number of para-hydroxylation sites is 1. The highest BCUT2D eigenvalue weighted by molar-refractivity contribution is 5.91. The summed E-state index contributed by atoms with van der Waals surface area (Å²) in [4.78, 5) is 28.0. The van der Waals surface area contributed by atoms with Crippen LogP contribution < -0.4 is 5.73 Å². The SMILES string of the molecule is CN1CCN(C(=O)CCc2ccccc2N)C(C)(C)C1=O.Cl. The second kappa shape index (κ2) is 7.01. The zero-order valence-electron chi connectivity index (χ0n) is 13.3. The molecular weight excluding hydrogens is 302 g/mol. The van der Waals surface area contributed by atoms with Crippen LogP contribution in [0, 0.1) is 0 Å². The van der Waals surface area contributed by atoms with Crippen LogP contribution in [0.2, 0.25) is 0 Å². The number of amides is 2. The van der Waals surface area contributed by atoms with Crippen molar-refractivity contribution in [3.8, 4) is 0 Å². The summed E-state index contributed by atoms with van der Waals surface area (Å²) in [5.41, 5.74) is 6.81. The molecule has 1 aliphatic heterocycles. The molecule has 0 spiro atoms. The molecule has 122 valence electrons. The molecule has 1 fully saturated rings. The van der Waals surface area contributed by atoms with E-state index in [1.54, 1.807) is 30.7 Å². The topological polar surface area (TPSA) is 66.6 Å². The zero-order valence-corrected chi connectivity index (χ0v) is 14.2. The number of aryl methyl sites for hydroxylation is 1. The molecule has 2 N–H and O–H groups in total. The minimum absolute atomic E-state index is 0. The Morgan fingerprint density at radius 1 is 1.27 bits per heavy atom. The summed E-state index contributed by atoms with van der Waals surface area (Å²) in [6.45, 7) is 4.78. The second-order valence-electron chi connectivity index (χ2n) is 6.03. The lowest BCUT2D eigenvalue weighted by Crippen LogP contribution is -2.63. The van der Waals surface area contributed by atoms with Crippen LogP contribution in [-0.4, -0.2) is 47.3 Å². The summed E-state index contributed by atoms with van der Waals surface area (Å²) in [6, 6.07) is 7.56. The molecular formula is C16H24ClN3O2. The average Bonchev–Trinajstić information content (AvgIpc) is 2.44. The van der Waals surface area contributed by atoms with Gasteiger partial charge in [0.1, 0.15) is 5.54 Å².